The van der Waals surface area contributed by atoms with Gasteiger partial charge in [0.2, 0.25) is 0 Å². The molecule has 0 saturated heterocycles. The molecule has 0 fully saturated rings. The second-order valence-corrected chi connectivity index (χ2v) is 9.21. The predicted octanol–water partition coefficient (Wildman–Crippen LogP) is 5.29. The van der Waals surface area contributed by atoms with E-state index in [1.807, 2.05) is 24.3 Å². The zero-order valence-electron chi connectivity index (χ0n) is 20.2. The minimum absolute atomic E-state index is 0.0611. The first-order valence-electron chi connectivity index (χ1n) is 11.4. The van der Waals surface area contributed by atoms with Crippen LogP contribution in [0.1, 0.15) is 46.8 Å². The molecule has 0 aromatic heterocycles. The molecule has 7 nitrogen and oxygen atoms in total. The summed E-state index contributed by atoms with van der Waals surface area (Å²) in [6.07, 6.45) is -0.626. The summed E-state index contributed by atoms with van der Waals surface area (Å²) in [5, 5.41) is 12.2. The molecular weight excluding hydrogens is 444 g/mol. The molecule has 4 rings (SSSR count). The van der Waals surface area contributed by atoms with Gasteiger partial charge in [-0.25, -0.2) is 9.59 Å². The lowest BCUT2D eigenvalue weighted by atomic mass is 9.98. The highest BCUT2D eigenvalue weighted by Gasteiger charge is 2.35. The number of carboxylic acid groups (broad SMARTS) is 1. The fraction of sp³-hybridized carbons (Fsp3) is 0.250. The Kier molecular flexibility index (Phi) is 6.35. The summed E-state index contributed by atoms with van der Waals surface area (Å²) in [5.74, 6) is -1.64. The second kappa shape index (κ2) is 9.25. The maximum Gasteiger partial charge on any atom is 0.411 e. The Morgan fingerprint density at radius 2 is 1.54 bits per heavy atom. The van der Waals surface area contributed by atoms with Gasteiger partial charge < -0.3 is 14.7 Å². The predicted molar refractivity (Wildman–Crippen MR) is 134 cm³/mol. The molecule has 35 heavy (non-hydrogen) atoms. The van der Waals surface area contributed by atoms with Crippen LogP contribution < -0.4 is 5.32 Å². The number of aryl methyl sites for hydroxylation is 1. The lowest BCUT2D eigenvalue weighted by molar-refractivity contribution is -0.147. The number of likely N-dealkylation sites (N-methyl/N-ethyl adjacent to an activating group) is 1. The van der Waals surface area contributed by atoms with E-state index in [-0.39, 0.29) is 18.1 Å². The second-order valence-electron chi connectivity index (χ2n) is 9.21. The van der Waals surface area contributed by atoms with Gasteiger partial charge in [-0.3, -0.25) is 10.1 Å². The van der Waals surface area contributed by atoms with Crippen LogP contribution in [0.4, 0.5) is 10.5 Å². The Morgan fingerprint density at radius 3 is 2.11 bits per heavy atom. The van der Waals surface area contributed by atoms with Crippen LogP contribution in [-0.2, 0) is 9.53 Å². The number of nitrogens with one attached hydrogen (secondary N) is 1. The number of anilines is 1. The molecular formula is C28H28N2O5. The molecule has 0 atom stereocenters. The highest BCUT2D eigenvalue weighted by molar-refractivity contribution is 5.99. The van der Waals surface area contributed by atoms with Crippen molar-refractivity contribution in [2.45, 2.75) is 32.2 Å². The number of carbonyl (C=O) groups is 3. The van der Waals surface area contributed by atoms with E-state index in [4.69, 9.17) is 4.74 Å². The number of ether oxygens (including phenoxy) is 1. The molecule has 180 valence electrons. The molecule has 1 aliphatic rings. The van der Waals surface area contributed by atoms with E-state index in [2.05, 4.69) is 29.6 Å². The van der Waals surface area contributed by atoms with E-state index < -0.39 is 23.5 Å². The summed E-state index contributed by atoms with van der Waals surface area (Å²) in [7, 11) is 1.44. The van der Waals surface area contributed by atoms with Crippen molar-refractivity contribution in [2.75, 3.05) is 19.0 Å². The SMILES string of the molecule is Cc1ccc(C(=O)N(C)C(C)(C)C(=O)O)cc1NC(=O)OCC1c2ccccc2-c2ccccc21. The Balaban J connectivity index is 1.48. The fourth-order valence-electron chi connectivity index (χ4n) is 4.23. The first kappa shape index (κ1) is 24.0. The average molecular weight is 473 g/mol. The molecule has 3 aromatic rings. The number of amides is 2. The molecule has 0 radical (unpaired) electrons. The summed E-state index contributed by atoms with van der Waals surface area (Å²) in [4.78, 5) is 38.3. The van der Waals surface area contributed by atoms with Crippen LogP contribution in [0.2, 0.25) is 0 Å². The smallest absolute Gasteiger partial charge is 0.411 e. The molecule has 0 heterocycles. The summed E-state index contributed by atoms with van der Waals surface area (Å²) in [6.45, 7) is 4.89. The zero-order chi connectivity index (χ0) is 25.3. The van der Waals surface area contributed by atoms with Crippen molar-refractivity contribution >= 4 is 23.7 Å². The number of benzene rings is 3. The molecule has 3 aromatic carbocycles. The van der Waals surface area contributed by atoms with Crippen LogP contribution in [0.25, 0.3) is 11.1 Å². The summed E-state index contributed by atoms with van der Waals surface area (Å²) < 4.78 is 5.61. The first-order chi connectivity index (χ1) is 16.6. The van der Waals surface area contributed by atoms with Crippen molar-refractivity contribution in [3.05, 3.63) is 89.0 Å². The summed E-state index contributed by atoms with van der Waals surface area (Å²) in [5.41, 5.74) is 4.58. The molecule has 1 aliphatic carbocycles. The standard InChI is InChI=1S/C28H28N2O5/c1-17-13-14-18(25(31)30(4)28(2,3)26(32)33)15-24(17)29-27(34)35-16-23-21-11-7-5-9-19(21)20-10-6-8-12-22(20)23/h5-15,23H,16H2,1-4H3,(H,29,34)(H,32,33). The van der Waals surface area contributed by atoms with Crippen LogP contribution in [0, 0.1) is 6.92 Å². The largest absolute Gasteiger partial charge is 0.480 e. The number of rotatable bonds is 6. The minimum Gasteiger partial charge on any atom is -0.480 e. The molecule has 2 amide bonds. The maximum atomic E-state index is 12.9. The van der Waals surface area contributed by atoms with Crippen LogP contribution in [0.15, 0.2) is 66.7 Å². The van der Waals surface area contributed by atoms with E-state index in [1.54, 1.807) is 19.1 Å². The Bertz CT molecular complexity index is 1270. The van der Waals surface area contributed by atoms with Crippen LogP contribution in [0.3, 0.4) is 0 Å². The zero-order valence-corrected chi connectivity index (χ0v) is 20.2. The van der Waals surface area contributed by atoms with Crippen molar-refractivity contribution < 1.29 is 24.2 Å². The van der Waals surface area contributed by atoms with Crippen molar-refractivity contribution in [2.24, 2.45) is 0 Å². The van der Waals surface area contributed by atoms with E-state index in [1.165, 1.54) is 27.0 Å². The fourth-order valence-corrected chi connectivity index (χ4v) is 4.23. The van der Waals surface area contributed by atoms with E-state index >= 15 is 0 Å². The van der Waals surface area contributed by atoms with Gasteiger partial charge in [-0.05, 0) is 60.7 Å². The van der Waals surface area contributed by atoms with Crippen LogP contribution >= 0.6 is 0 Å². The van der Waals surface area contributed by atoms with Gasteiger partial charge in [0, 0.05) is 24.2 Å². The highest BCUT2D eigenvalue weighted by atomic mass is 16.5. The third-order valence-corrected chi connectivity index (χ3v) is 6.73. The normalized spacial score (nSPS) is 12.5. The minimum atomic E-state index is -1.39. The third-order valence-electron chi connectivity index (χ3n) is 6.73. The number of hydrogen-bond acceptors (Lipinski definition) is 4. The molecule has 7 heteroatoms. The van der Waals surface area contributed by atoms with E-state index in [0.717, 1.165) is 32.7 Å². The number of carboxylic acids is 1. The molecule has 0 spiro atoms. The van der Waals surface area contributed by atoms with Gasteiger partial charge in [0.1, 0.15) is 12.1 Å². The van der Waals surface area contributed by atoms with Gasteiger partial charge in [-0.1, -0.05) is 54.6 Å². The molecule has 0 aliphatic heterocycles. The number of aliphatic carboxylic acids is 1. The lowest BCUT2D eigenvalue weighted by Crippen LogP contribution is -2.50. The van der Waals surface area contributed by atoms with Gasteiger partial charge in [0.25, 0.3) is 5.91 Å². The van der Waals surface area contributed by atoms with Crippen molar-refractivity contribution in [1.29, 1.82) is 0 Å². The summed E-state index contributed by atoms with van der Waals surface area (Å²) >= 11 is 0. The summed E-state index contributed by atoms with van der Waals surface area (Å²) in [6, 6.07) is 21.0. The van der Waals surface area contributed by atoms with Crippen LogP contribution in [0.5, 0.6) is 0 Å². The number of hydrogen-bond donors (Lipinski definition) is 2. The molecule has 0 saturated carbocycles. The molecule has 0 bridgehead atoms. The van der Waals surface area contributed by atoms with Gasteiger partial charge in [0.15, 0.2) is 0 Å². The van der Waals surface area contributed by atoms with Gasteiger partial charge in [-0.15, -0.1) is 0 Å². The van der Waals surface area contributed by atoms with Crippen molar-refractivity contribution in [3.63, 3.8) is 0 Å². The van der Waals surface area contributed by atoms with E-state index in [0.29, 0.717) is 5.69 Å². The lowest BCUT2D eigenvalue weighted by Gasteiger charge is -2.31. The van der Waals surface area contributed by atoms with Crippen LogP contribution in [-0.4, -0.2) is 47.2 Å². The van der Waals surface area contributed by atoms with Crippen molar-refractivity contribution in [1.82, 2.24) is 4.90 Å². The number of fused-ring (bicyclic) bond motifs is 3. The van der Waals surface area contributed by atoms with E-state index in [9.17, 15) is 19.5 Å². The average Bonchev–Trinajstić information content (AvgIpc) is 3.16. The molecule has 2 N–H and O–H groups in total. The Hall–Kier alpha value is -4.13. The Labute approximate surface area is 204 Å². The van der Waals surface area contributed by atoms with Gasteiger partial charge >= 0.3 is 12.1 Å². The molecule has 0 unspecified atom stereocenters. The monoisotopic (exact) mass is 472 g/mol. The Morgan fingerprint density at radius 1 is 0.971 bits per heavy atom. The number of carbonyl (C=O) groups excluding carboxylic acids is 2. The van der Waals surface area contributed by atoms with Gasteiger partial charge in [-0.2, -0.15) is 0 Å². The highest BCUT2D eigenvalue weighted by Crippen LogP contribution is 2.44. The van der Waals surface area contributed by atoms with Crippen molar-refractivity contribution in [3.8, 4) is 11.1 Å². The van der Waals surface area contributed by atoms with Gasteiger partial charge in [0.05, 0.1) is 0 Å². The third kappa shape index (κ3) is 4.49. The number of nitrogens with zero attached hydrogens (tertiary/aromatic N) is 1. The maximum absolute atomic E-state index is 12.9. The topological polar surface area (TPSA) is 95.9 Å². The first-order valence-corrected chi connectivity index (χ1v) is 11.4. The quantitative estimate of drug-likeness (QED) is 0.508.